The van der Waals surface area contributed by atoms with E-state index in [9.17, 15) is 9.59 Å². The Kier molecular flexibility index (Phi) is 8.88. The summed E-state index contributed by atoms with van der Waals surface area (Å²) < 4.78 is 11.9. The lowest BCUT2D eigenvalue weighted by molar-refractivity contribution is -0.116. The summed E-state index contributed by atoms with van der Waals surface area (Å²) in [5.74, 6) is 0.190. The molecule has 1 aromatic heterocycles. The second-order valence-corrected chi connectivity index (χ2v) is 8.87. The van der Waals surface area contributed by atoms with Crippen molar-refractivity contribution in [2.24, 2.45) is 0 Å². The highest BCUT2D eigenvalue weighted by molar-refractivity contribution is 9.10. The molecule has 1 N–H and O–H groups in total. The fourth-order valence-electron chi connectivity index (χ4n) is 3.13. The van der Waals surface area contributed by atoms with Crippen LogP contribution >= 0.6 is 27.3 Å². The van der Waals surface area contributed by atoms with Gasteiger partial charge in [-0.05, 0) is 55.2 Å². The average molecular weight is 516 g/mol. The molecule has 5 nitrogen and oxygen atoms in total. The number of thiophene rings is 1. The van der Waals surface area contributed by atoms with E-state index in [0.717, 1.165) is 27.8 Å². The van der Waals surface area contributed by atoms with Gasteiger partial charge in [0.15, 0.2) is 0 Å². The summed E-state index contributed by atoms with van der Waals surface area (Å²) in [4.78, 5) is 25.1. The highest BCUT2D eigenvalue weighted by Gasteiger charge is 2.22. The molecule has 0 bridgehead atoms. The summed E-state index contributed by atoms with van der Waals surface area (Å²) >= 11 is 4.74. The molecule has 3 rings (SSSR count). The molecule has 0 aliphatic rings. The highest BCUT2D eigenvalue weighted by atomic mass is 79.9. The first kappa shape index (κ1) is 24.0. The van der Waals surface area contributed by atoms with Gasteiger partial charge in [0.05, 0.1) is 13.2 Å². The fourth-order valence-corrected chi connectivity index (χ4v) is 4.37. The van der Waals surface area contributed by atoms with E-state index in [0.29, 0.717) is 30.0 Å². The third-order valence-electron chi connectivity index (χ3n) is 4.83. The van der Waals surface area contributed by atoms with Gasteiger partial charge in [0.25, 0.3) is 0 Å². The normalized spacial score (nSPS) is 10.6. The highest BCUT2D eigenvalue weighted by Crippen LogP contribution is 2.36. The lowest BCUT2D eigenvalue weighted by Gasteiger charge is -2.09. The van der Waals surface area contributed by atoms with E-state index < -0.39 is 5.97 Å². The molecule has 3 aromatic rings. The van der Waals surface area contributed by atoms with E-state index in [1.54, 1.807) is 6.92 Å². The number of amides is 1. The maximum Gasteiger partial charge on any atom is 0.341 e. The molecule has 7 heteroatoms. The standard InChI is InChI=1S/C25H26BrNO4S/c1-3-17-7-13-20(14-8-17)31-15-5-6-22(28)27-24-23(25(29)30-4-2)21(16-32-24)18-9-11-19(26)12-10-18/h7-14,16H,3-6,15H2,1-2H3,(H,27,28). The van der Waals surface area contributed by atoms with Gasteiger partial charge in [-0.3, -0.25) is 4.79 Å². The maximum absolute atomic E-state index is 12.6. The second-order valence-electron chi connectivity index (χ2n) is 7.08. The molecule has 1 heterocycles. The van der Waals surface area contributed by atoms with Crippen molar-refractivity contribution in [3.05, 3.63) is 69.5 Å². The Labute approximate surface area is 200 Å². The summed E-state index contributed by atoms with van der Waals surface area (Å²) in [7, 11) is 0. The molecule has 0 saturated heterocycles. The number of carbonyl (C=O) groups is 2. The van der Waals surface area contributed by atoms with E-state index in [2.05, 4.69) is 28.2 Å². The Morgan fingerprint density at radius 1 is 1.03 bits per heavy atom. The van der Waals surface area contributed by atoms with Crippen molar-refractivity contribution in [1.82, 2.24) is 0 Å². The summed E-state index contributed by atoms with van der Waals surface area (Å²) in [6, 6.07) is 15.6. The Morgan fingerprint density at radius 2 is 1.75 bits per heavy atom. The van der Waals surface area contributed by atoms with E-state index in [-0.39, 0.29) is 12.5 Å². The summed E-state index contributed by atoms with van der Waals surface area (Å²) in [6.07, 6.45) is 1.85. The molecule has 168 valence electrons. The number of halogens is 1. The van der Waals surface area contributed by atoms with Crippen LogP contribution in [0.3, 0.4) is 0 Å². The van der Waals surface area contributed by atoms with Crippen molar-refractivity contribution < 1.29 is 19.1 Å². The van der Waals surface area contributed by atoms with Gasteiger partial charge < -0.3 is 14.8 Å². The van der Waals surface area contributed by atoms with Gasteiger partial charge in [0, 0.05) is 21.8 Å². The van der Waals surface area contributed by atoms with Crippen LogP contribution in [0.4, 0.5) is 5.00 Å². The minimum atomic E-state index is -0.444. The summed E-state index contributed by atoms with van der Waals surface area (Å²) in [5.41, 5.74) is 3.28. The number of nitrogens with one attached hydrogen (secondary N) is 1. The minimum absolute atomic E-state index is 0.162. The first-order valence-electron chi connectivity index (χ1n) is 10.6. The van der Waals surface area contributed by atoms with E-state index in [1.165, 1.54) is 16.9 Å². The molecule has 0 atom stereocenters. The average Bonchev–Trinajstić information content (AvgIpc) is 3.21. The Hall–Kier alpha value is -2.64. The van der Waals surface area contributed by atoms with Crippen molar-refractivity contribution in [1.29, 1.82) is 0 Å². The first-order valence-corrected chi connectivity index (χ1v) is 12.2. The van der Waals surface area contributed by atoms with Crippen LogP contribution in [0.5, 0.6) is 5.75 Å². The molecule has 0 radical (unpaired) electrons. The van der Waals surface area contributed by atoms with E-state index in [4.69, 9.17) is 9.47 Å². The molecular weight excluding hydrogens is 490 g/mol. The van der Waals surface area contributed by atoms with Crippen LogP contribution < -0.4 is 10.1 Å². The third kappa shape index (κ3) is 6.43. The van der Waals surface area contributed by atoms with Crippen LogP contribution in [0.25, 0.3) is 11.1 Å². The predicted octanol–water partition coefficient (Wildman–Crippen LogP) is 6.71. The Bertz CT molecular complexity index is 1040. The lowest BCUT2D eigenvalue weighted by atomic mass is 10.0. The SMILES string of the molecule is CCOC(=O)c1c(-c2ccc(Br)cc2)csc1NC(=O)CCCOc1ccc(CC)cc1. The molecule has 0 aliphatic heterocycles. The fraction of sp³-hybridized carbons (Fsp3) is 0.280. The number of carbonyl (C=O) groups excluding carboxylic acids is 2. The summed E-state index contributed by atoms with van der Waals surface area (Å²) in [6.45, 7) is 4.57. The number of rotatable bonds is 10. The van der Waals surface area contributed by atoms with E-state index in [1.807, 2.05) is 53.9 Å². The predicted molar refractivity (Wildman–Crippen MR) is 133 cm³/mol. The zero-order valence-electron chi connectivity index (χ0n) is 18.2. The summed E-state index contributed by atoms with van der Waals surface area (Å²) in [5, 5.41) is 5.25. The van der Waals surface area contributed by atoms with Crippen molar-refractivity contribution in [3.8, 4) is 16.9 Å². The molecule has 0 unspecified atom stereocenters. The van der Waals surface area contributed by atoms with Crippen molar-refractivity contribution in [3.63, 3.8) is 0 Å². The van der Waals surface area contributed by atoms with E-state index >= 15 is 0 Å². The quantitative estimate of drug-likeness (QED) is 0.240. The van der Waals surface area contributed by atoms with Crippen LogP contribution in [0.15, 0.2) is 58.4 Å². The molecule has 0 spiro atoms. The molecular formula is C25H26BrNO4S. The number of hydrogen-bond donors (Lipinski definition) is 1. The van der Waals surface area contributed by atoms with Gasteiger partial charge in [-0.15, -0.1) is 11.3 Å². The number of aryl methyl sites for hydroxylation is 1. The van der Waals surface area contributed by atoms with Crippen LogP contribution in [-0.4, -0.2) is 25.1 Å². The van der Waals surface area contributed by atoms with Gasteiger partial charge in [-0.25, -0.2) is 4.79 Å². The topological polar surface area (TPSA) is 64.6 Å². The van der Waals surface area contributed by atoms with Crippen LogP contribution in [-0.2, 0) is 16.0 Å². The Balaban J connectivity index is 1.61. The van der Waals surface area contributed by atoms with Gasteiger partial charge in [-0.2, -0.15) is 0 Å². The number of ether oxygens (including phenoxy) is 2. The van der Waals surface area contributed by atoms with Crippen LogP contribution in [0.1, 0.15) is 42.6 Å². The van der Waals surface area contributed by atoms with Crippen molar-refractivity contribution >= 4 is 44.1 Å². The smallest absolute Gasteiger partial charge is 0.341 e. The zero-order chi connectivity index (χ0) is 22.9. The largest absolute Gasteiger partial charge is 0.494 e. The van der Waals surface area contributed by atoms with Gasteiger partial charge >= 0.3 is 5.97 Å². The molecule has 0 saturated carbocycles. The van der Waals surface area contributed by atoms with Crippen LogP contribution in [0.2, 0.25) is 0 Å². The maximum atomic E-state index is 12.6. The number of hydrogen-bond acceptors (Lipinski definition) is 5. The van der Waals surface area contributed by atoms with Crippen molar-refractivity contribution in [2.75, 3.05) is 18.5 Å². The first-order chi connectivity index (χ1) is 15.5. The monoisotopic (exact) mass is 515 g/mol. The minimum Gasteiger partial charge on any atom is -0.494 e. The second kappa shape index (κ2) is 11.8. The Morgan fingerprint density at radius 3 is 2.41 bits per heavy atom. The number of benzene rings is 2. The molecule has 0 aliphatic carbocycles. The van der Waals surface area contributed by atoms with Gasteiger partial charge in [-0.1, -0.05) is 47.1 Å². The molecule has 32 heavy (non-hydrogen) atoms. The number of esters is 1. The molecule has 0 fully saturated rings. The van der Waals surface area contributed by atoms with Gasteiger partial charge in [0.2, 0.25) is 5.91 Å². The zero-order valence-corrected chi connectivity index (χ0v) is 20.6. The third-order valence-corrected chi connectivity index (χ3v) is 6.25. The van der Waals surface area contributed by atoms with Gasteiger partial charge in [0.1, 0.15) is 16.3 Å². The number of anilines is 1. The van der Waals surface area contributed by atoms with Crippen molar-refractivity contribution in [2.45, 2.75) is 33.1 Å². The lowest BCUT2D eigenvalue weighted by Crippen LogP contribution is -2.15. The molecule has 1 amide bonds. The van der Waals surface area contributed by atoms with Crippen LogP contribution in [0, 0.1) is 0 Å². The molecule has 2 aromatic carbocycles.